The molecule has 2 heterocycles. The molecule has 0 atom stereocenters. The van der Waals surface area contributed by atoms with Crippen LogP contribution in [0.2, 0.25) is 0 Å². The predicted octanol–water partition coefficient (Wildman–Crippen LogP) is 1.66. The number of hydrogen-bond acceptors (Lipinski definition) is 9. The Kier molecular flexibility index (Phi) is 5.42. The van der Waals surface area contributed by atoms with Crippen molar-refractivity contribution in [2.24, 2.45) is 0 Å². The lowest BCUT2D eigenvalue weighted by molar-refractivity contribution is 0.778. The highest BCUT2D eigenvalue weighted by molar-refractivity contribution is 7.18. The molecule has 0 aliphatic rings. The van der Waals surface area contributed by atoms with E-state index in [1.54, 1.807) is 0 Å². The fourth-order valence-corrected chi connectivity index (χ4v) is 2.61. The van der Waals surface area contributed by atoms with Gasteiger partial charge in [-0.15, -0.1) is 10.2 Å². The van der Waals surface area contributed by atoms with E-state index >= 15 is 0 Å². The van der Waals surface area contributed by atoms with Crippen molar-refractivity contribution in [3.8, 4) is 10.8 Å². The molecular weight excluding hydrogens is 300 g/mol. The van der Waals surface area contributed by atoms with Gasteiger partial charge in [0, 0.05) is 26.2 Å². The van der Waals surface area contributed by atoms with Crippen LogP contribution in [0.25, 0.3) is 10.8 Å². The van der Waals surface area contributed by atoms with Crippen molar-refractivity contribution in [1.29, 1.82) is 0 Å². The van der Waals surface area contributed by atoms with Crippen molar-refractivity contribution in [3.05, 3.63) is 0 Å². The summed E-state index contributed by atoms with van der Waals surface area (Å²) in [6.07, 6.45) is 0. The van der Waals surface area contributed by atoms with E-state index in [1.807, 2.05) is 0 Å². The Morgan fingerprint density at radius 2 is 1.32 bits per heavy atom. The van der Waals surface area contributed by atoms with Gasteiger partial charge in [-0.3, -0.25) is 0 Å². The topological polar surface area (TPSA) is 97.0 Å². The van der Waals surface area contributed by atoms with Crippen LogP contribution >= 0.6 is 11.3 Å². The maximum atomic E-state index is 5.67. The number of aromatic nitrogens is 5. The van der Waals surface area contributed by atoms with Gasteiger partial charge in [-0.05, 0) is 27.7 Å². The van der Waals surface area contributed by atoms with Gasteiger partial charge in [0.15, 0.2) is 10.8 Å². The second kappa shape index (κ2) is 7.30. The standard InChI is InChI=1S/C13H22N8S/c1-5-20(6-2)12-15-9(10-18-19-11(14)22-10)16-13(17-12)21(7-3)8-4/h5-8H2,1-4H3,(H2,14,19). The summed E-state index contributed by atoms with van der Waals surface area (Å²) >= 11 is 1.28. The molecule has 22 heavy (non-hydrogen) atoms. The Labute approximate surface area is 134 Å². The molecule has 0 unspecified atom stereocenters. The van der Waals surface area contributed by atoms with Gasteiger partial charge in [-0.1, -0.05) is 11.3 Å². The van der Waals surface area contributed by atoms with E-state index in [0.29, 0.717) is 27.9 Å². The molecule has 8 nitrogen and oxygen atoms in total. The average molecular weight is 322 g/mol. The van der Waals surface area contributed by atoms with Crippen molar-refractivity contribution in [2.45, 2.75) is 27.7 Å². The van der Waals surface area contributed by atoms with Gasteiger partial charge >= 0.3 is 0 Å². The number of hydrogen-bond donors (Lipinski definition) is 1. The smallest absolute Gasteiger partial charge is 0.230 e. The van der Waals surface area contributed by atoms with Crippen LogP contribution in [0.4, 0.5) is 17.0 Å². The fourth-order valence-electron chi connectivity index (χ4n) is 2.07. The normalized spacial score (nSPS) is 10.7. The van der Waals surface area contributed by atoms with Crippen LogP contribution < -0.4 is 15.5 Å². The van der Waals surface area contributed by atoms with Crippen LogP contribution in [0.3, 0.4) is 0 Å². The zero-order valence-electron chi connectivity index (χ0n) is 13.4. The van der Waals surface area contributed by atoms with Gasteiger partial charge < -0.3 is 15.5 Å². The Balaban J connectivity index is 2.52. The first kappa shape index (κ1) is 16.3. The van der Waals surface area contributed by atoms with Crippen LogP contribution in [0.15, 0.2) is 0 Å². The Morgan fingerprint density at radius 3 is 1.68 bits per heavy atom. The number of nitrogens with two attached hydrogens (primary N) is 1. The molecular formula is C13H22N8S. The molecule has 9 heteroatoms. The number of nitrogen functional groups attached to an aromatic ring is 1. The SMILES string of the molecule is CCN(CC)c1nc(-c2nnc(N)s2)nc(N(CC)CC)n1. The summed E-state index contributed by atoms with van der Waals surface area (Å²) in [6.45, 7) is 11.6. The van der Waals surface area contributed by atoms with Crippen molar-refractivity contribution >= 4 is 28.4 Å². The van der Waals surface area contributed by atoms with Gasteiger partial charge in [0.25, 0.3) is 0 Å². The average Bonchev–Trinajstić information content (AvgIpc) is 2.96. The van der Waals surface area contributed by atoms with Crippen LogP contribution in [-0.2, 0) is 0 Å². The lowest BCUT2D eigenvalue weighted by Gasteiger charge is -2.23. The van der Waals surface area contributed by atoms with E-state index < -0.39 is 0 Å². The summed E-state index contributed by atoms with van der Waals surface area (Å²) in [4.78, 5) is 17.9. The summed E-state index contributed by atoms with van der Waals surface area (Å²) in [6, 6.07) is 0. The van der Waals surface area contributed by atoms with Crippen LogP contribution in [0.1, 0.15) is 27.7 Å². The van der Waals surface area contributed by atoms with Crippen molar-refractivity contribution < 1.29 is 0 Å². The molecule has 0 aliphatic heterocycles. The van der Waals surface area contributed by atoms with E-state index in [0.717, 1.165) is 26.2 Å². The zero-order chi connectivity index (χ0) is 16.1. The molecule has 2 rings (SSSR count). The van der Waals surface area contributed by atoms with E-state index in [1.165, 1.54) is 11.3 Å². The van der Waals surface area contributed by atoms with Crippen molar-refractivity contribution in [1.82, 2.24) is 25.1 Å². The molecule has 2 N–H and O–H groups in total. The van der Waals surface area contributed by atoms with Crippen LogP contribution in [-0.4, -0.2) is 51.3 Å². The molecule has 0 aliphatic carbocycles. The molecule has 2 aromatic heterocycles. The van der Waals surface area contributed by atoms with Crippen molar-refractivity contribution in [3.63, 3.8) is 0 Å². The first-order chi connectivity index (χ1) is 10.6. The first-order valence-corrected chi connectivity index (χ1v) is 8.29. The van der Waals surface area contributed by atoms with Crippen LogP contribution in [0.5, 0.6) is 0 Å². The van der Waals surface area contributed by atoms with E-state index in [9.17, 15) is 0 Å². The van der Waals surface area contributed by atoms with E-state index in [2.05, 4.69) is 62.6 Å². The zero-order valence-corrected chi connectivity index (χ0v) is 14.3. The van der Waals surface area contributed by atoms with E-state index in [-0.39, 0.29) is 0 Å². The molecule has 0 saturated heterocycles. The summed E-state index contributed by atoms with van der Waals surface area (Å²) in [5, 5.41) is 8.90. The Morgan fingerprint density at radius 1 is 0.818 bits per heavy atom. The molecule has 0 aromatic carbocycles. The third-order valence-electron chi connectivity index (χ3n) is 3.34. The minimum absolute atomic E-state index is 0.407. The quantitative estimate of drug-likeness (QED) is 0.822. The van der Waals surface area contributed by atoms with Gasteiger partial charge in [-0.2, -0.15) is 15.0 Å². The molecule has 2 aromatic rings. The molecule has 0 radical (unpaired) electrons. The molecule has 0 bridgehead atoms. The third kappa shape index (κ3) is 3.41. The highest BCUT2D eigenvalue weighted by Crippen LogP contribution is 2.25. The second-order valence-corrected chi connectivity index (χ2v) is 5.56. The van der Waals surface area contributed by atoms with Crippen molar-refractivity contribution in [2.75, 3.05) is 41.7 Å². The summed E-state index contributed by atoms with van der Waals surface area (Å²) in [5.74, 6) is 1.84. The number of anilines is 3. The predicted molar refractivity (Wildman–Crippen MR) is 90.3 cm³/mol. The lowest BCUT2D eigenvalue weighted by Crippen LogP contribution is -2.28. The molecule has 0 saturated carbocycles. The minimum atomic E-state index is 0.407. The van der Waals surface area contributed by atoms with Gasteiger partial charge in [0.05, 0.1) is 0 Å². The highest BCUT2D eigenvalue weighted by atomic mass is 32.1. The van der Waals surface area contributed by atoms with Gasteiger partial charge in [0.2, 0.25) is 17.0 Å². The Hall–Kier alpha value is -2.03. The second-order valence-electron chi connectivity index (χ2n) is 4.55. The lowest BCUT2D eigenvalue weighted by atomic mass is 10.5. The maximum Gasteiger partial charge on any atom is 0.230 e. The maximum absolute atomic E-state index is 5.67. The van der Waals surface area contributed by atoms with E-state index in [4.69, 9.17) is 5.73 Å². The summed E-state index contributed by atoms with van der Waals surface area (Å²) < 4.78 is 0. The molecule has 0 fully saturated rings. The first-order valence-electron chi connectivity index (χ1n) is 7.48. The third-order valence-corrected chi connectivity index (χ3v) is 4.08. The largest absolute Gasteiger partial charge is 0.374 e. The number of nitrogens with zero attached hydrogens (tertiary/aromatic N) is 7. The van der Waals surface area contributed by atoms with Gasteiger partial charge in [0.1, 0.15) is 0 Å². The van der Waals surface area contributed by atoms with Gasteiger partial charge in [-0.25, -0.2) is 0 Å². The monoisotopic (exact) mass is 322 g/mol. The minimum Gasteiger partial charge on any atom is -0.374 e. The number of rotatable bonds is 7. The summed E-state index contributed by atoms with van der Waals surface area (Å²) in [7, 11) is 0. The molecule has 0 amide bonds. The molecule has 0 spiro atoms. The van der Waals surface area contributed by atoms with Crippen LogP contribution in [0, 0.1) is 0 Å². The Bertz CT molecular complexity index is 576. The highest BCUT2D eigenvalue weighted by Gasteiger charge is 2.17. The molecule has 120 valence electrons. The fraction of sp³-hybridized carbons (Fsp3) is 0.615. The summed E-state index contributed by atoms with van der Waals surface area (Å²) in [5.41, 5.74) is 5.67.